The van der Waals surface area contributed by atoms with E-state index in [4.69, 9.17) is 0 Å². The Balaban J connectivity index is 1.94. The van der Waals surface area contributed by atoms with Crippen LogP contribution in [-0.2, 0) is 0 Å². The first-order chi connectivity index (χ1) is 13.1. The molecule has 0 radical (unpaired) electrons. The van der Waals surface area contributed by atoms with Crippen LogP contribution in [0, 0.1) is 17.5 Å². The molecule has 0 aliphatic heterocycles. The third kappa shape index (κ3) is 3.61. The minimum absolute atomic E-state index is 0.0931. The van der Waals surface area contributed by atoms with Crippen LogP contribution in [0.2, 0.25) is 0 Å². The number of nitrogens with zero attached hydrogens (tertiary/aromatic N) is 6. The number of hydrogen-bond donors (Lipinski definition) is 0. The van der Waals surface area contributed by atoms with Gasteiger partial charge < -0.3 is 0 Å². The lowest BCUT2D eigenvalue weighted by molar-refractivity contribution is 0.621. The predicted molar refractivity (Wildman–Crippen MR) is 89.4 cm³/mol. The maximum Gasteiger partial charge on any atom is 0.165 e. The van der Waals surface area contributed by atoms with E-state index in [2.05, 4.69) is 29.9 Å². The van der Waals surface area contributed by atoms with Gasteiger partial charge in [-0.15, -0.1) is 0 Å². The zero-order chi connectivity index (χ0) is 18.8. The van der Waals surface area contributed by atoms with Crippen molar-refractivity contribution in [3.8, 4) is 34.2 Å². The summed E-state index contributed by atoms with van der Waals surface area (Å²) in [5.41, 5.74) is 0.857. The van der Waals surface area contributed by atoms with Crippen molar-refractivity contribution in [2.45, 2.75) is 0 Å². The van der Waals surface area contributed by atoms with Gasteiger partial charge in [0.1, 0.15) is 17.5 Å². The fourth-order valence-electron chi connectivity index (χ4n) is 2.37. The maximum atomic E-state index is 13.6. The molecule has 0 saturated heterocycles. The first-order valence-corrected chi connectivity index (χ1v) is 7.67. The highest BCUT2D eigenvalue weighted by Crippen LogP contribution is 2.24. The van der Waals surface area contributed by atoms with E-state index in [0.29, 0.717) is 0 Å². The van der Waals surface area contributed by atoms with Crippen molar-refractivity contribution in [1.29, 1.82) is 0 Å². The Bertz CT molecular complexity index is 981. The maximum absolute atomic E-state index is 13.6. The summed E-state index contributed by atoms with van der Waals surface area (Å²) < 4.78 is 40.7. The van der Waals surface area contributed by atoms with Crippen molar-refractivity contribution < 1.29 is 13.2 Å². The van der Waals surface area contributed by atoms with E-state index < -0.39 is 17.5 Å². The van der Waals surface area contributed by atoms with E-state index in [1.165, 1.54) is 36.8 Å². The second kappa shape index (κ2) is 6.87. The van der Waals surface area contributed by atoms with Crippen molar-refractivity contribution >= 4 is 0 Å². The first kappa shape index (κ1) is 16.7. The monoisotopic (exact) mass is 366 g/mol. The average Bonchev–Trinajstić information content (AvgIpc) is 2.68. The summed E-state index contributed by atoms with van der Waals surface area (Å²) in [5.74, 6) is -1.44. The van der Waals surface area contributed by atoms with Gasteiger partial charge >= 0.3 is 0 Å². The molecule has 4 aromatic rings. The number of pyridine rings is 3. The Kier molecular flexibility index (Phi) is 4.25. The van der Waals surface area contributed by atoms with Gasteiger partial charge in [-0.3, -0.25) is 15.0 Å². The van der Waals surface area contributed by atoms with Gasteiger partial charge in [-0.2, -0.15) is 0 Å². The Labute approximate surface area is 150 Å². The molecule has 0 atom stereocenters. The fraction of sp³-hybridized carbons (Fsp3) is 0. The number of rotatable bonds is 3. The van der Waals surface area contributed by atoms with E-state index in [9.17, 15) is 13.2 Å². The quantitative estimate of drug-likeness (QED) is 0.553. The largest absolute Gasteiger partial charge is 0.261 e. The van der Waals surface area contributed by atoms with Crippen LogP contribution < -0.4 is 0 Å². The Morgan fingerprint density at radius 3 is 1.00 bits per heavy atom. The molecular weight excluding hydrogens is 357 g/mol. The molecule has 6 nitrogen and oxygen atoms in total. The van der Waals surface area contributed by atoms with Crippen LogP contribution in [0.15, 0.2) is 55.4 Å². The van der Waals surface area contributed by atoms with Crippen LogP contribution in [0.4, 0.5) is 13.2 Å². The minimum atomic E-state index is -0.573. The molecule has 4 rings (SSSR count). The third-order valence-electron chi connectivity index (χ3n) is 3.52. The molecule has 0 aliphatic carbocycles. The van der Waals surface area contributed by atoms with E-state index in [0.717, 1.165) is 18.6 Å². The highest BCUT2D eigenvalue weighted by molar-refractivity contribution is 5.65. The molecular formula is C18H9F3N6. The number of aromatic nitrogens is 6. The van der Waals surface area contributed by atoms with Crippen molar-refractivity contribution in [2.75, 3.05) is 0 Å². The molecule has 0 bridgehead atoms. The molecule has 4 aromatic heterocycles. The van der Waals surface area contributed by atoms with E-state index in [1.54, 1.807) is 0 Å². The molecule has 0 spiro atoms. The first-order valence-electron chi connectivity index (χ1n) is 7.67. The van der Waals surface area contributed by atoms with Gasteiger partial charge in [0.05, 0.1) is 18.6 Å². The molecule has 0 amide bonds. The zero-order valence-electron chi connectivity index (χ0n) is 13.5. The molecule has 27 heavy (non-hydrogen) atoms. The number of hydrogen-bond acceptors (Lipinski definition) is 6. The molecule has 0 saturated carbocycles. The van der Waals surface area contributed by atoms with Gasteiger partial charge in [0.2, 0.25) is 0 Å². The molecule has 4 heterocycles. The van der Waals surface area contributed by atoms with Crippen LogP contribution in [0.25, 0.3) is 34.2 Å². The lowest BCUT2D eigenvalue weighted by atomic mass is 10.2. The van der Waals surface area contributed by atoms with Gasteiger partial charge in [0.15, 0.2) is 17.5 Å². The molecule has 0 fully saturated rings. The van der Waals surface area contributed by atoms with Crippen LogP contribution in [0.3, 0.4) is 0 Å². The van der Waals surface area contributed by atoms with E-state index in [1.807, 2.05) is 0 Å². The smallest absolute Gasteiger partial charge is 0.165 e. The summed E-state index contributed by atoms with van der Waals surface area (Å²) in [6.45, 7) is 0. The standard InChI is InChI=1S/C18H9F3N6/c19-13-1-10(4-22-7-13)16-25-17(11-2-14(20)8-23-5-11)27-18(26-16)12-3-15(21)9-24-6-12/h1-9H. The second-order valence-electron chi connectivity index (χ2n) is 5.48. The van der Waals surface area contributed by atoms with Crippen molar-refractivity contribution in [3.05, 3.63) is 72.8 Å². The minimum Gasteiger partial charge on any atom is -0.261 e. The van der Waals surface area contributed by atoms with Crippen LogP contribution in [0.1, 0.15) is 0 Å². The molecule has 0 N–H and O–H groups in total. The van der Waals surface area contributed by atoms with Crippen LogP contribution in [0.5, 0.6) is 0 Å². The highest BCUT2D eigenvalue weighted by atomic mass is 19.1. The second-order valence-corrected chi connectivity index (χ2v) is 5.48. The zero-order valence-corrected chi connectivity index (χ0v) is 13.5. The Hall–Kier alpha value is -3.75. The summed E-state index contributed by atoms with van der Waals surface area (Å²) in [6.07, 6.45) is 7.25. The van der Waals surface area contributed by atoms with Crippen molar-refractivity contribution in [1.82, 2.24) is 29.9 Å². The van der Waals surface area contributed by atoms with Crippen LogP contribution >= 0.6 is 0 Å². The summed E-state index contributed by atoms with van der Waals surface area (Å²) in [5, 5.41) is 0. The molecule has 132 valence electrons. The summed E-state index contributed by atoms with van der Waals surface area (Å²) in [7, 11) is 0. The molecule has 0 aromatic carbocycles. The third-order valence-corrected chi connectivity index (χ3v) is 3.52. The van der Waals surface area contributed by atoms with Crippen LogP contribution in [-0.4, -0.2) is 29.9 Å². The fourth-order valence-corrected chi connectivity index (χ4v) is 2.37. The summed E-state index contributed by atoms with van der Waals surface area (Å²) >= 11 is 0. The average molecular weight is 366 g/mol. The topological polar surface area (TPSA) is 77.3 Å². The number of halogens is 3. The highest BCUT2D eigenvalue weighted by Gasteiger charge is 2.14. The molecule has 0 aliphatic rings. The van der Waals surface area contributed by atoms with E-state index in [-0.39, 0.29) is 34.2 Å². The molecule has 0 unspecified atom stereocenters. The lowest BCUT2D eigenvalue weighted by Gasteiger charge is -2.08. The van der Waals surface area contributed by atoms with Gasteiger partial charge in [-0.1, -0.05) is 0 Å². The van der Waals surface area contributed by atoms with Gasteiger partial charge in [-0.05, 0) is 18.2 Å². The van der Waals surface area contributed by atoms with Crippen molar-refractivity contribution in [3.63, 3.8) is 0 Å². The van der Waals surface area contributed by atoms with Gasteiger partial charge in [0, 0.05) is 35.3 Å². The Morgan fingerprint density at radius 1 is 0.444 bits per heavy atom. The van der Waals surface area contributed by atoms with Gasteiger partial charge in [0.25, 0.3) is 0 Å². The summed E-state index contributed by atoms with van der Waals surface area (Å²) in [4.78, 5) is 24.1. The molecule has 9 heteroatoms. The van der Waals surface area contributed by atoms with Gasteiger partial charge in [-0.25, -0.2) is 28.1 Å². The predicted octanol–water partition coefficient (Wildman–Crippen LogP) is 3.47. The summed E-state index contributed by atoms with van der Waals surface area (Å²) in [6, 6.07) is 3.59. The SMILES string of the molecule is Fc1cncc(-c2nc(-c3cncc(F)c3)nc(-c3cncc(F)c3)n2)c1. The van der Waals surface area contributed by atoms with E-state index >= 15 is 0 Å². The van der Waals surface area contributed by atoms with Crippen molar-refractivity contribution in [2.24, 2.45) is 0 Å². The lowest BCUT2D eigenvalue weighted by Crippen LogP contribution is -2.01. The normalized spacial score (nSPS) is 10.8. The Morgan fingerprint density at radius 2 is 0.741 bits per heavy atom.